The van der Waals surface area contributed by atoms with Crippen LogP contribution in [0, 0.1) is 0 Å². The SMILES string of the molecule is CC1(C)CCN(S(=O)(=O)c2csc(CN)c2)CCS1. The minimum absolute atomic E-state index is 0.154. The van der Waals surface area contributed by atoms with E-state index in [1.54, 1.807) is 15.8 Å². The van der Waals surface area contributed by atoms with Crippen molar-refractivity contribution in [2.24, 2.45) is 5.73 Å². The highest BCUT2D eigenvalue weighted by molar-refractivity contribution is 8.00. The largest absolute Gasteiger partial charge is 0.326 e. The summed E-state index contributed by atoms with van der Waals surface area (Å²) in [7, 11) is -3.35. The fourth-order valence-corrected chi connectivity index (χ4v) is 5.79. The molecule has 4 nitrogen and oxygen atoms in total. The van der Waals surface area contributed by atoms with E-state index in [1.807, 2.05) is 11.8 Å². The quantitative estimate of drug-likeness (QED) is 0.926. The first-order chi connectivity index (χ1) is 8.85. The van der Waals surface area contributed by atoms with E-state index in [4.69, 9.17) is 5.73 Å². The van der Waals surface area contributed by atoms with E-state index in [0.717, 1.165) is 17.1 Å². The molecule has 7 heteroatoms. The van der Waals surface area contributed by atoms with Crippen LogP contribution in [0.2, 0.25) is 0 Å². The van der Waals surface area contributed by atoms with Crippen LogP contribution in [-0.2, 0) is 16.6 Å². The van der Waals surface area contributed by atoms with Gasteiger partial charge in [-0.25, -0.2) is 8.42 Å². The zero-order chi connectivity index (χ0) is 14.1. The van der Waals surface area contributed by atoms with Crippen molar-refractivity contribution in [3.05, 3.63) is 16.3 Å². The Morgan fingerprint density at radius 3 is 2.79 bits per heavy atom. The van der Waals surface area contributed by atoms with Crippen LogP contribution in [0.5, 0.6) is 0 Å². The van der Waals surface area contributed by atoms with E-state index in [1.165, 1.54) is 11.3 Å². The van der Waals surface area contributed by atoms with E-state index in [2.05, 4.69) is 13.8 Å². The lowest BCUT2D eigenvalue weighted by molar-refractivity contribution is 0.415. The predicted molar refractivity (Wildman–Crippen MR) is 82.1 cm³/mol. The zero-order valence-electron chi connectivity index (χ0n) is 11.3. The van der Waals surface area contributed by atoms with Gasteiger partial charge in [0.2, 0.25) is 10.0 Å². The number of nitrogens with zero attached hydrogens (tertiary/aromatic N) is 1. The Kier molecular flexibility index (Phi) is 4.62. The number of sulfonamides is 1. The van der Waals surface area contributed by atoms with Crippen LogP contribution in [0.3, 0.4) is 0 Å². The number of nitrogens with two attached hydrogens (primary N) is 1. The third-order valence-electron chi connectivity index (χ3n) is 3.27. The third-order valence-corrected chi connectivity index (χ3v) is 7.62. The summed E-state index contributed by atoms with van der Waals surface area (Å²) in [4.78, 5) is 1.30. The maximum atomic E-state index is 12.6. The number of rotatable bonds is 3. The van der Waals surface area contributed by atoms with E-state index in [-0.39, 0.29) is 4.75 Å². The number of thiophene rings is 1. The van der Waals surface area contributed by atoms with Gasteiger partial charge in [0.25, 0.3) is 0 Å². The fourth-order valence-electron chi connectivity index (χ4n) is 1.99. The smallest absolute Gasteiger partial charge is 0.243 e. The monoisotopic (exact) mass is 320 g/mol. The molecule has 0 saturated carbocycles. The van der Waals surface area contributed by atoms with E-state index in [9.17, 15) is 8.42 Å². The van der Waals surface area contributed by atoms with Crippen LogP contribution >= 0.6 is 23.1 Å². The van der Waals surface area contributed by atoms with Crippen molar-refractivity contribution in [2.45, 2.75) is 36.5 Å². The minimum Gasteiger partial charge on any atom is -0.326 e. The Balaban J connectivity index is 2.20. The molecule has 0 spiro atoms. The Morgan fingerprint density at radius 2 is 2.16 bits per heavy atom. The van der Waals surface area contributed by atoms with Crippen LogP contribution < -0.4 is 5.73 Å². The second kappa shape index (κ2) is 5.73. The Morgan fingerprint density at radius 1 is 1.42 bits per heavy atom. The molecule has 0 amide bonds. The van der Waals surface area contributed by atoms with Crippen molar-refractivity contribution in [1.29, 1.82) is 0 Å². The summed E-state index contributed by atoms with van der Waals surface area (Å²) >= 11 is 3.25. The second-order valence-corrected chi connectivity index (χ2v) is 9.95. The normalized spacial score (nSPS) is 21.2. The third kappa shape index (κ3) is 3.52. The molecule has 1 aliphatic rings. The Bertz CT molecular complexity index is 537. The van der Waals surface area contributed by atoms with E-state index in [0.29, 0.717) is 24.5 Å². The minimum atomic E-state index is -3.35. The molecule has 0 atom stereocenters. The first kappa shape index (κ1) is 15.3. The Hall–Kier alpha value is -0.0800. The molecular formula is C12H20N2O2S3. The molecule has 108 valence electrons. The molecule has 1 fully saturated rings. The summed E-state index contributed by atoms with van der Waals surface area (Å²) in [6.45, 7) is 5.92. The van der Waals surface area contributed by atoms with Crippen molar-refractivity contribution in [2.75, 3.05) is 18.8 Å². The number of hydrogen-bond donors (Lipinski definition) is 1. The molecule has 0 unspecified atom stereocenters. The molecule has 0 radical (unpaired) electrons. The van der Waals surface area contributed by atoms with E-state index < -0.39 is 10.0 Å². The Labute approximate surface area is 123 Å². The maximum Gasteiger partial charge on any atom is 0.243 e. The molecule has 2 N–H and O–H groups in total. The summed E-state index contributed by atoms with van der Waals surface area (Å²) < 4.78 is 26.9. The van der Waals surface area contributed by atoms with Gasteiger partial charge in [-0.3, -0.25) is 0 Å². The van der Waals surface area contributed by atoms with Crippen LogP contribution in [0.4, 0.5) is 0 Å². The molecule has 2 rings (SSSR count). The molecule has 0 aliphatic carbocycles. The van der Waals surface area contributed by atoms with Crippen molar-refractivity contribution in [3.63, 3.8) is 0 Å². The van der Waals surface area contributed by atoms with Gasteiger partial charge in [0.15, 0.2) is 0 Å². The molecule has 1 saturated heterocycles. The van der Waals surface area contributed by atoms with Gasteiger partial charge >= 0.3 is 0 Å². The first-order valence-corrected chi connectivity index (χ1v) is 9.57. The summed E-state index contributed by atoms with van der Waals surface area (Å²) in [5.74, 6) is 0.847. The highest BCUT2D eigenvalue weighted by atomic mass is 32.2. The van der Waals surface area contributed by atoms with Crippen LogP contribution in [0.15, 0.2) is 16.3 Å². The lowest BCUT2D eigenvalue weighted by Gasteiger charge is -2.22. The van der Waals surface area contributed by atoms with Gasteiger partial charge in [0.05, 0.1) is 4.90 Å². The summed E-state index contributed by atoms with van der Waals surface area (Å²) in [5, 5.41) is 1.70. The van der Waals surface area contributed by atoms with Gasteiger partial charge in [0.1, 0.15) is 0 Å². The van der Waals surface area contributed by atoms with Crippen molar-refractivity contribution >= 4 is 33.1 Å². The summed E-state index contributed by atoms with van der Waals surface area (Å²) in [5.41, 5.74) is 5.54. The highest BCUT2D eigenvalue weighted by Crippen LogP contribution is 2.33. The van der Waals surface area contributed by atoms with Crippen molar-refractivity contribution in [3.8, 4) is 0 Å². The van der Waals surface area contributed by atoms with Gasteiger partial charge in [-0.15, -0.1) is 11.3 Å². The first-order valence-electron chi connectivity index (χ1n) is 6.27. The van der Waals surface area contributed by atoms with Crippen molar-refractivity contribution < 1.29 is 8.42 Å². The fraction of sp³-hybridized carbons (Fsp3) is 0.667. The summed E-state index contributed by atoms with van der Waals surface area (Å²) in [6.07, 6.45) is 0.880. The van der Waals surface area contributed by atoms with Gasteiger partial charge < -0.3 is 5.73 Å². The second-order valence-electron chi connectivity index (χ2n) is 5.22. The van der Waals surface area contributed by atoms with Crippen LogP contribution in [0.1, 0.15) is 25.1 Å². The van der Waals surface area contributed by atoms with Crippen molar-refractivity contribution in [1.82, 2.24) is 4.31 Å². The average molecular weight is 321 g/mol. The van der Waals surface area contributed by atoms with Crippen LogP contribution in [0.25, 0.3) is 0 Å². The van der Waals surface area contributed by atoms with Gasteiger partial charge in [0, 0.05) is 40.4 Å². The lowest BCUT2D eigenvalue weighted by atomic mass is 10.1. The van der Waals surface area contributed by atoms with Crippen LogP contribution in [-0.4, -0.2) is 36.3 Å². The molecule has 19 heavy (non-hydrogen) atoms. The highest BCUT2D eigenvalue weighted by Gasteiger charge is 2.31. The topological polar surface area (TPSA) is 63.4 Å². The average Bonchev–Trinajstić information content (AvgIpc) is 2.75. The zero-order valence-corrected chi connectivity index (χ0v) is 13.7. The van der Waals surface area contributed by atoms with Gasteiger partial charge in [-0.1, -0.05) is 13.8 Å². The molecular weight excluding hydrogens is 300 g/mol. The number of hydrogen-bond acceptors (Lipinski definition) is 5. The van der Waals surface area contributed by atoms with E-state index >= 15 is 0 Å². The molecule has 1 aromatic heterocycles. The lowest BCUT2D eigenvalue weighted by Crippen LogP contribution is -2.33. The molecule has 2 heterocycles. The molecule has 1 aromatic rings. The molecule has 0 aromatic carbocycles. The maximum absolute atomic E-state index is 12.6. The standard InChI is InChI=1S/C12H20N2O2S3/c1-12(2)3-4-14(5-6-18-12)19(15,16)11-7-10(8-13)17-9-11/h7,9H,3-6,8,13H2,1-2H3. The predicted octanol–water partition coefficient (Wildman–Crippen LogP) is 2.11. The van der Waals surface area contributed by atoms with Gasteiger partial charge in [-0.2, -0.15) is 16.1 Å². The number of thioether (sulfide) groups is 1. The van der Waals surface area contributed by atoms with Gasteiger partial charge in [-0.05, 0) is 12.5 Å². The summed E-state index contributed by atoms with van der Waals surface area (Å²) in [6, 6.07) is 1.70. The molecule has 1 aliphatic heterocycles. The molecule has 0 bridgehead atoms.